The fraction of sp³-hybridized carbons (Fsp3) is 0.120. The predicted octanol–water partition coefficient (Wildman–Crippen LogP) is 4.49. The van der Waals surface area contributed by atoms with Crippen molar-refractivity contribution in [2.24, 2.45) is 5.10 Å². The molecule has 1 heterocycles. The second-order valence-corrected chi connectivity index (χ2v) is 8.11. The number of hydrogen-bond acceptors (Lipinski definition) is 6. The molecular weight excluding hydrogens is 434 g/mol. The number of benzene rings is 3. The number of nitrogens with zero attached hydrogens (tertiary/aromatic N) is 4. The lowest BCUT2D eigenvalue weighted by molar-refractivity contribution is -0.118. The fourth-order valence-corrected chi connectivity index (χ4v) is 3.92. The van der Waals surface area contributed by atoms with Gasteiger partial charge in [-0.25, -0.2) is 5.43 Å². The Balaban J connectivity index is 1.50. The molecule has 1 amide bonds. The summed E-state index contributed by atoms with van der Waals surface area (Å²) in [5, 5.41) is 13.4. The molecule has 0 aliphatic heterocycles. The highest BCUT2D eigenvalue weighted by atomic mass is 32.2. The number of hydrazone groups is 1. The highest BCUT2D eigenvalue weighted by molar-refractivity contribution is 7.99. The highest BCUT2D eigenvalue weighted by Gasteiger charge is 2.17. The van der Waals surface area contributed by atoms with Crippen LogP contribution in [0.15, 0.2) is 89.1 Å². The number of thioether (sulfide) groups is 1. The van der Waals surface area contributed by atoms with Crippen molar-refractivity contribution >= 4 is 23.9 Å². The minimum absolute atomic E-state index is 0.141. The van der Waals surface area contributed by atoms with Gasteiger partial charge >= 0.3 is 0 Å². The number of para-hydroxylation sites is 1. The topological polar surface area (TPSA) is 81.4 Å². The number of rotatable bonds is 8. The minimum Gasteiger partial charge on any atom is -0.496 e. The number of carbonyl (C=O) groups excluding carboxylic acids is 1. The molecule has 33 heavy (non-hydrogen) atoms. The Bertz CT molecular complexity index is 1250. The van der Waals surface area contributed by atoms with Gasteiger partial charge < -0.3 is 4.74 Å². The second kappa shape index (κ2) is 10.6. The lowest BCUT2D eigenvalue weighted by Crippen LogP contribution is -2.20. The zero-order valence-electron chi connectivity index (χ0n) is 18.3. The predicted molar refractivity (Wildman–Crippen MR) is 131 cm³/mol. The number of methoxy groups -OCH3 is 1. The first kappa shape index (κ1) is 22.3. The third-order valence-electron chi connectivity index (χ3n) is 4.82. The molecule has 0 aliphatic rings. The van der Waals surface area contributed by atoms with Crippen LogP contribution in [0.2, 0.25) is 0 Å². The summed E-state index contributed by atoms with van der Waals surface area (Å²) >= 11 is 1.30. The van der Waals surface area contributed by atoms with Gasteiger partial charge in [0.1, 0.15) is 5.75 Å². The Morgan fingerprint density at radius 1 is 1.03 bits per heavy atom. The minimum atomic E-state index is -0.245. The van der Waals surface area contributed by atoms with Crippen molar-refractivity contribution in [3.05, 3.63) is 90.0 Å². The summed E-state index contributed by atoms with van der Waals surface area (Å²) < 4.78 is 7.25. The standard InChI is InChI=1S/C25H23N5O2S/c1-18-12-14-21(15-13-18)30-24(19-8-4-3-5-9-19)28-29-25(30)33-17-23(31)27-26-16-20-10-6-7-11-22(20)32-2/h3-16H,17H2,1-2H3,(H,27,31)/b26-16+. The molecule has 0 spiro atoms. The van der Waals surface area contributed by atoms with E-state index in [9.17, 15) is 4.79 Å². The number of carbonyl (C=O) groups is 1. The maximum Gasteiger partial charge on any atom is 0.250 e. The van der Waals surface area contributed by atoms with E-state index in [0.717, 1.165) is 28.2 Å². The summed E-state index contributed by atoms with van der Waals surface area (Å²) in [6.07, 6.45) is 1.56. The van der Waals surface area contributed by atoms with Crippen molar-refractivity contribution in [1.29, 1.82) is 0 Å². The Morgan fingerprint density at radius 3 is 2.52 bits per heavy atom. The van der Waals surface area contributed by atoms with E-state index in [4.69, 9.17) is 4.74 Å². The zero-order valence-corrected chi connectivity index (χ0v) is 19.1. The number of aromatic nitrogens is 3. The summed E-state index contributed by atoms with van der Waals surface area (Å²) in [6, 6.07) is 25.4. The average Bonchev–Trinajstić information content (AvgIpc) is 3.28. The van der Waals surface area contributed by atoms with Gasteiger partial charge in [0.15, 0.2) is 11.0 Å². The van der Waals surface area contributed by atoms with Crippen LogP contribution in [0.5, 0.6) is 5.75 Å². The highest BCUT2D eigenvalue weighted by Crippen LogP contribution is 2.28. The summed E-state index contributed by atoms with van der Waals surface area (Å²) in [6.45, 7) is 2.04. The molecule has 7 nitrogen and oxygen atoms in total. The number of amides is 1. The molecule has 0 saturated heterocycles. The van der Waals surface area contributed by atoms with E-state index in [1.54, 1.807) is 13.3 Å². The van der Waals surface area contributed by atoms with Crippen molar-refractivity contribution < 1.29 is 9.53 Å². The van der Waals surface area contributed by atoms with Crippen LogP contribution in [0.4, 0.5) is 0 Å². The lowest BCUT2D eigenvalue weighted by atomic mass is 10.2. The van der Waals surface area contributed by atoms with E-state index in [1.807, 2.05) is 90.4 Å². The normalized spacial score (nSPS) is 11.0. The van der Waals surface area contributed by atoms with Gasteiger partial charge in [0.2, 0.25) is 0 Å². The molecule has 1 aromatic heterocycles. The number of nitrogens with one attached hydrogen (secondary N) is 1. The fourth-order valence-electron chi connectivity index (χ4n) is 3.17. The lowest BCUT2D eigenvalue weighted by Gasteiger charge is -2.10. The zero-order chi connectivity index (χ0) is 23.0. The van der Waals surface area contributed by atoms with Crippen LogP contribution in [0, 0.1) is 6.92 Å². The van der Waals surface area contributed by atoms with E-state index in [1.165, 1.54) is 11.8 Å². The van der Waals surface area contributed by atoms with E-state index in [-0.39, 0.29) is 11.7 Å². The molecule has 0 saturated carbocycles. The molecule has 0 radical (unpaired) electrons. The maximum absolute atomic E-state index is 12.4. The van der Waals surface area contributed by atoms with Gasteiger partial charge in [-0.2, -0.15) is 5.10 Å². The van der Waals surface area contributed by atoms with Gasteiger partial charge in [0, 0.05) is 16.8 Å². The van der Waals surface area contributed by atoms with Gasteiger partial charge in [-0.05, 0) is 31.2 Å². The SMILES string of the molecule is COc1ccccc1/C=N/NC(=O)CSc1nnc(-c2ccccc2)n1-c1ccc(C)cc1. The van der Waals surface area contributed by atoms with Crippen LogP contribution < -0.4 is 10.2 Å². The van der Waals surface area contributed by atoms with Crippen molar-refractivity contribution in [2.45, 2.75) is 12.1 Å². The molecule has 4 aromatic rings. The van der Waals surface area contributed by atoms with Crippen molar-refractivity contribution in [3.8, 4) is 22.8 Å². The second-order valence-electron chi connectivity index (χ2n) is 7.17. The molecule has 8 heteroatoms. The maximum atomic E-state index is 12.4. The summed E-state index contributed by atoms with van der Waals surface area (Å²) in [7, 11) is 1.59. The van der Waals surface area contributed by atoms with Crippen LogP contribution in [0.3, 0.4) is 0 Å². The molecule has 0 fully saturated rings. The molecule has 0 bridgehead atoms. The first-order chi connectivity index (χ1) is 16.2. The number of hydrogen-bond donors (Lipinski definition) is 1. The summed E-state index contributed by atoms with van der Waals surface area (Å²) in [5.74, 6) is 1.30. The molecule has 0 atom stereocenters. The Labute approximate surface area is 196 Å². The van der Waals surface area contributed by atoms with Crippen molar-refractivity contribution in [2.75, 3.05) is 12.9 Å². The average molecular weight is 458 g/mol. The Kier molecular flexibility index (Phi) is 7.16. The number of ether oxygens (including phenoxy) is 1. The van der Waals surface area contributed by atoms with Gasteiger partial charge in [-0.1, -0.05) is 71.9 Å². The van der Waals surface area contributed by atoms with Crippen LogP contribution in [-0.4, -0.2) is 39.7 Å². The van der Waals surface area contributed by atoms with Crippen LogP contribution in [-0.2, 0) is 4.79 Å². The quantitative estimate of drug-likeness (QED) is 0.239. The molecule has 1 N–H and O–H groups in total. The third-order valence-corrected chi connectivity index (χ3v) is 5.75. The molecule has 166 valence electrons. The smallest absolute Gasteiger partial charge is 0.250 e. The van der Waals surface area contributed by atoms with E-state index >= 15 is 0 Å². The number of aryl methyl sites for hydroxylation is 1. The molecular formula is C25H23N5O2S. The van der Waals surface area contributed by atoms with Crippen LogP contribution >= 0.6 is 11.8 Å². The van der Waals surface area contributed by atoms with E-state index < -0.39 is 0 Å². The first-order valence-corrected chi connectivity index (χ1v) is 11.3. The molecule has 4 rings (SSSR count). The van der Waals surface area contributed by atoms with Gasteiger partial charge in [0.25, 0.3) is 5.91 Å². The van der Waals surface area contributed by atoms with Gasteiger partial charge in [0.05, 0.1) is 19.1 Å². The van der Waals surface area contributed by atoms with Gasteiger partial charge in [-0.15, -0.1) is 10.2 Å². The van der Waals surface area contributed by atoms with Crippen molar-refractivity contribution in [3.63, 3.8) is 0 Å². The Hall–Kier alpha value is -3.91. The largest absolute Gasteiger partial charge is 0.496 e. The summed E-state index contributed by atoms with van der Waals surface area (Å²) in [5.41, 5.74) is 6.37. The van der Waals surface area contributed by atoms with Crippen LogP contribution in [0.1, 0.15) is 11.1 Å². The molecule has 0 aliphatic carbocycles. The molecule has 0 unspecified atom stereocenters. The molecule has 3 aromatic carbocycles. The van der Waals surface area contributed by atoms with E-state index in [0.29, 0.717) is 10.9 Å². The van der Waals surface area contributed by atoms with Gasteiger partial charge in [-0.3, -0.25) is 9.36 Å². The van der Waals surface area contributed by atoms with E-state index in [2.05, 4.69) is 20.7 Å². The Morgan fingerprint density at radius 2 is 1.76 bits per heavy atom. The third kappa shape index (κ3) is 5.48. The monoisotopic (exact) mass is 457 g/mol. The van der Waals surface area contributed by atoms with Crippen molar-refractivity contribution in [1.82, 2.24) is 20.2 Å². The summed E-state index contributed by atoms with van der Waals surface area (Å²) in [4.78, 5) is 12.4. The van der Waals surface area contributed by atoms with Crippen LogP contribution in [0.25, 0.3) is 17.1 Å². The first-order valence-electron chi connectivity index (χ1n) is 10.3.